The summed E-state index contributed by atoms with van der Waals surface area (Å²) in [5.74, 6) is 0.0506. The highest BCUT2D eigenvalue weighted by atomic mass is 79.9. The number of amides is 1. The van der Waals surface area contributed by atoms with Gasteiger partial charge in [0, 0.05) is 25.1 Å². The summed E-state index contributed by atoms with van der Waals surface area (Å²) >= 11 is 3.13. The zero-order chi connectivity index (χ0) is 15.0. The van der Waals surface area contributed by atoms with Gasteiger partial charge in [0.15, 0.2) is 0 Å². The molecule has 112 valence electrons. The topological polar surface area (TPSA) is 72.9 Å². The van der Waals surface area contributed by atoms with Crippen molar-refractivity contribution in [1.29, 1.82) is 0 Å². The molecule has 1 fully saturated rings. The molecule has 1 aliphatic carbocycles. The molecule has 0 aliphatic heterocycles. The van der Waals surface area contributed by atoms with Crippen LogP contribution in [0.3, 0.4) is 0 Å². The number of halogens is 2. The zero-order valence-corrected chi connectivity index (χ0v) is 13.0. The van der Waals surface area contributed by atoms with Gasteiger partial charge >= 0.3 is 0 Å². The van der Waals surface area contributed by atoms with Gasteiger partial charge < -0.3 is 15.6 Å². The summed E-state index contributed by atoms with van der Waals surface area (Å²) in [6, 6.07) is 3.40. The van der Waals surface area contributed by atoms with Gasteiger partial charge in [-0.25, -0.2) is 9.37 Å². The molecule has 1 amide bonds. The first-order valence-corrected chi connectivity index (χ1v) is 7.74. The number of nitrogen functional groups attached to an aromatic ring is 1. The van der Waals surface area contributed by atoms with Gasteiger partial charge in [-0.2, -0.15) is 0 Å². The molecule has 1 aromatic heterocycles. The number of fused-ring (bicyclic) bond motifs is 1. The smallest absolute Gasteiger partial charge is 0.220 e. The number of nitrogens with zero attached hydrogens (tertiary/aromatic N) is 2. The molecule has 5 nitrogen and oxygen atoms in total. The second-order valence-electron chi connectivity index (χ2n) is 5.32. The van der Waals surface area contributed by atoms with Crippen molar-refractivity contribution in [3.8, 4) is 0 Å². The number of aryl methyl sites for hydroxylation is 1. The second kappa shape index (κ2) is 5.63. The average Bonchev–Trinajstić information content (AvgIpc) is 3.18. The molecule has 1 heterocycles. The maximum Gasteiger partial charge on any atom is 0.220 e. The molecule has 3 N–H and O–H groups in total. The van der Waals surface area contributed by atoms with Crippen LogP contribution in [0.1, 0.15) is 25.7 Å². The number of nitrogens with two attached hydrogens (primary N) is 1. The Hall–Kier alpha value is -1.63. The van der Waals surface area contributed by atoms with Crippen LogP contribution in [0.4, 0.5) is 10.3 Å². The molecule has 21 heavy (non-hydrogen) atoms. The molecule has 3 rings (SSSR count). The minimum Gasteiger partial charge on any atom is -0.369 e. The number of carbonyl (C=O) groups excluding carboxylic acids is 1. The van der Waals surface area contributed by atoms with E-state index in [4.69, 9.17) is 5.73 Å². The number of rotatable bonds is 5. The number of hydrogen-bond acceptors (Lipinski definition) is 3. The fourth-order valence-electron chi connectivity index (χ4n) is 2.30. The van der Waals surface area contributed by atoms with Gasteiger partial charge in [0.1, 0.15) is 5.82 Å². The fourth-order valence-corrected chi connectivity index (χ4v) is 2.63. The first kappa shape index (κ1) is 14.3. The zero-order valence-electron chi connectivity index (χ0n) is 11.4. The first-order chi connectivity index (χ1) is 10.0. The summed E-state index contributed by atoms with van der Waals surface area (Å²) in [5, 5.41) is 2.94. The van der Waals surface area contributed by atoms with Gasteiger partial charge in [0.2, 0.25) is 11.9 Å². The van der Waals surface area contributed by atoms with Gasteiger partial charge in [-0.05, 0) is 41.3 Å². The van der Waals surface area contributed by atoms with E-state index in [0.717, 1.165) is 12.8 Å². The van der Waals surface area contributed by atoms with Crippen molar-refractivity contribution in [2.75, 3.05) is 5.73 Å². The molecular weight excluding hydrogens is 339 g/mol. The van der Waals surface area contributed by atoms with Gasteiger partial charge in [-0.1, -0.05) is 0 Å². The van der Waals surface area contributed by atoms with Crippen LogP contribution in [0.2, 0.25) is 0 Å². The average molecular weight is 355 g/mol. The molecule has 1 saturated carbocycles. The molecule has 1 aliphatic rings. The van der Waals surface area contributed by atoms with Crippen LogP contribution in [0.15, 0.2) is 16.6 Å². The van der Waals surface area contributed by atoms with Crippen LogP contribution in [0.25, 0.3) is 11.0 Å². The van der Waals surface area contributed by atoms with E-state index in [1.165, 1.54) is 6.07 Å². The Morgan fingerprint density at radius 2 is 2.29 bits per heavy atom. The van der Waals surface area contributed by atoms with Crippen molar-refractivity contribution >= 4 is 38.8 Å². The Morgan fingerprint density at radius 1 is 1.52 bits per heavy atom. The van der Waals surface area contributed by atoms with E-state index in [0.29, 0.717) is 46.9 Å². The quantitative estimate of drug-likeness (QED) is 0.866. The molecule has 2 aromatic rings. The molecule has 0 atom stereocenters. The molecule has 1 aromatic carbocycles. The lowest BCUT2D eigenvalue weighted by Gasteiger charge is -2.07. The molecule has 0 radical (unpaired) electrons. The largest absolute Gasteiger partial charge is 0.369 e. The maximum atomic E-state index is 13.6. The predicted molar refractivity (Wildman–Crippen MR) is 82.2 cm³/mol. The minimum absolute atomic E-state index is 0.0643. The maximum absolute atomic E-state index is 13.6. The van der Waals surface area contributed by atoms with Crippen molar-refractivity contribution in [2.45, 2.75) is 38.3 Å². The lowest BCUT2D eigenvalue weighted by atomic mass is 10.2. The van der Waals surface area contributed by atoms with E-state index < -0.39 is 0 Å². The Kier molecular flexibility index (Phi) is 3.84. The summed E-state index contributed by atoms with van der Waals surface area (Å²) in [5.41, 5.74) is 7.17. The van der Waals surface area contributed by atoms with Crippen LogP contribution in [0, 0.1) is 5.82 Å². The second-order valence-corrected chi connectivity index (χ2v) is 6.18. The van der Waals surface area contributed by atoms with Crippen LogP contribution in [0.5, 0.6) is 0 Å². The summed E-state index contributed by atoms with van der Waals surface area (Å²) < 4.78 is 15.8. The Bertz CT molecular complexity index is 696. The van der Waals surface area contributed by atoms with E-state index in [1.807, 2.05) is 0 Å². The number of anilines is 1. The van der Waals surface area contributed by atoms with Crippen molar-refractivity contribution < 1.29 is 9.18 Å². The highest BCUT2D eigenvalue weighted by Crippen LogP contribution is 2.25. The van der Waals surface area contributed by atoms with Crippen LogP contribution in [-0.4, -0.2) is 21.5 Å². The van der Waals surface area contributed by atoms with Gasteiger partial charge in [-0.3, -0.25) is 4.79 Å². The number of benzene rings is 1. The number of aromatic nitrogens is 2. The lowest BCUT2D eigenvalue weighted by molar-refractivity contribution is -0.121. The monoisotopic (exact) mass is 354 g/mol. The van der Waals surface area contributed by atoms with Gasteiger partial charge in [0.25, 0.3) is 0 Å². The van der Waals surface area contributed by atoms with E-state index in [2.05, 4.69) is 26.2 Å². The third-order valence-corrected chi connectivity index (χ3v) is 4.16. The Balaban J connectivity index is 1.69. The highest BCUT2D eigenvalue weighted by molar-refractivity contribution is 9.10. The number of hydrogen-bond donors (Lipinski definition) is 2. The molecule has 0 unspecified atom stereocenters. The van der Waals surface area contributed by atoms with Crippen LogP contribution < -0.4 is 11.1 Å². The molecule has 0 bridgehead atoms. The number of carbonyl (C=O) groups is 1. The van der Waals surface area contributed by atoms with Gasteiger partial charge in [-0.15, -0.1) is 0 Å². The van der Waals surface area contributed by atoms with Crippen LogP contribution in [-0.2, 0) is 11.3 Å². The number of imidazole rings is 1. The SMILES string of the molecule is Nc1nc2cc(Br)c(F)cc2n1CCCC(=O)NC1CC1. The van der Waals surface area contributed by atoms with E-state index in [9.17, 15) is 9.18 Å². The normalized spacial score (nSPS) is 14.6. The Morgan fingerprint density at radius 3 is 3.00 bits per heavy atom. The van der Waals surface area contributed by atoms with Crippen molar-refractivity contribution in [3.63, 3.8) is 0 Å². The fraction of sp³-hybridized carbons (Fsp3) is 0.429. The summed E-state index contributed by atoms with van der Waals surface area (Å²) in [6.45, 7) is 0.543. The van der Waals surface area contributed by atoms with Crippen LogP contribution >= 0.6 is 15.9 Å². The van der Waals surface area contributed by atoms with Crippen molar-refractivity contribution in [2.24, 2.45) is 0 Å². The predicted octanol–water partition coefficient (Wildman–Crippen LogP) is 2.58. The summed E-state index contributed by atoms with van der Waals surface area (Å²) in [4.78, 5) is 15.9. The highest BCUT2D eigenvalue weighted by Gasteiger charge is 2.22. The Labute approximate surface area is 129 Å². The lowest BCUT2D eigenvalue weighted by Crippen LogP contribution is -2.25. The number of nitrogens with one attached hydrogen (secondary N) is 1. The van der Waals surface area contributed by atoms with E-state index >= 15 is 0 Å². The third-order valence-electron chi connectivity index (χ3n) is 3.55. The summed E-state index contributed by atoms with van der Waals surface area (Å²) in [6.07, 6.45) is 3.25. The molecule has 0 spiro atoms. The van der Waals surface area contributed by atoms with Crippen molar-refractivity contribution in [1.82, 2.24) is 14.9 Å². The van der Waals surface area contributed by atoms with E-state index in [-0.39, 0.29) is 11.7 Å². The molecule has 7 heteroatoms. The molecule has 0 saturated heterocycles. The third kappa shape index (κ3) is 3.18. The van der Waals surface area contributed by atoms with Gasteiger partial charge in [0.05, 0.1) is 15.5 Å². The standard InChI is InChI=1S/C14H16BrFN4O/c15-9-6-11-12(7-10(9)16)20(14(17)19-11)5-1-2-13(21)18-8-3-4-8/h6-8H,1-5H2,(H2,17,19)(H,18,21). The molecular formula is C14H16BrFN4O. The minimum atomic E-state index is -0.352. The summed E-state index contributed by atoms with van der Waals surface area (Å²) in [7, 11) is 0. The first-order valence-electron chi connectivity index (χ1n) is 6.94. The van der Waals surface area contributed by atoms with Crippen molar-refractivity contribution in [3.05, 3.63) is 22.4 Å². The van der Waals surface area contributed by atoms with E-state index in [1.54, 1.807) is 10.6 Å².